The van der Waals surface area contributed by atoms with Gasteiger partial charge >= 0.3 is 6.18 Å². The highest BCUT2D eigenvalue weighted by atomic mass is 35.5. The van der Waals surface area contributed by atoms with Crippen molar-refractivity contribution in [1.82, 2.24) is 10.2 Å². The van der Waals surface area contributed by atoms with Crippen LogP contribution in [0.2, 0.25) is 5.02 Å². The van der Waals surface area contributed by atoms with Crippen LogP contribution < -0.4 is 10.6 Å². The van der Waals surface area contributed by atoms with Crippen molar-refractivity contribution in [2.24, 2.45) is 0 Å². The number of benzene rings is 2. The first-order chi connectivity index (χ1) is 15.6. The lowest BCUT2D eigenvalue weighted by atomic mass is 10.1. The molecule has 1 unspecified atom stereocenters. The third-order valence-corrected chi connectivity index (χ3v) is 5.96. The van der Waals surface area contributed by atoms with Crippen LogP contribution in [0.4, 0.5) is 18.9 Å². The predicted molar refractivity (Wildman–Crippen MR) is 126 cm³/mol. The van der Waals surface area contributed by atoms with Crippen LogP contribution >= 0.6 is 11.6 Å². The summed E-state index contributed by atoms with van der Waals surface area (Å²) in [5.41, 5.74) is -0.272. The molecule has 3 N–H and O–H groups in total. The maximum atomic E-state index is 13.0. The molecule has 2 aromatic carbocycles. The minimum atomic E-state index is -4.79. The monoisotopic (exact) mass is 478 g/mol. The fourth-order valence-corrected chi connectivity index (χ4v) is 3.91. The second-order valence-corrected chi connectivity index (χ2v) is 8.38. The summed E-state index contributed by atoms with van der Waals surface area (Å²) in [4.78, 5) is 14.8. The van der Waals surface area contributed by atoms with Gasteiger partial charge in [0.2, 0.25) is 0 Å². The number of amides is 1. The van der Waals surface area contributed by atoms with E-state index in [9.17, 15) is 18.0 Å². The highest BCUT2D eigenvalue weighted by Gasteiger charge is 2.33. The van der Waals surface area contributed by atoms with E-state index in [4.69, 9.17) is 17.0 Å². The maximum absolute atomic E-state index is 13.0. The number of nitrogens with zero attached hydrogens (tertiary/aromatic N) is 1. The Bertz CT molecular complexity index is 1020. The smallest absolute Gasteiger partial charge is 0.354 e. The molecule has 0 bridgehead atoms. The van der Waals surface area contributed by atoms with Gasteiger partial charge in [-0.05, 0) is 68.8 Å². The molecule has 1 aliphatic rings. The number of hydrogen-bond donors (Lipinski definition) is 3. The summed E-state index contributed by atoms with van der Waals surface area (Å²) in [6.07, 6.45) is -0.923. The summed E-state index contributed by atoms with van der Waals surface area (Å²) in [5, 5.41) is 13.5. The quantitative estimate of drug-likeness (QED) is 0.433. The molecule has 1 amide bonds. The number of para-hydroxylation sites is 1. The molecule has 1 atom stereocenters. The first-order valence-corrected chi connectivity index (χ1v) is 11.0. The number of likely N-dealkylation sites (tertiary alicyclic amines) is 1. The molecule has 1 saturated heterocycles. The third kappa shape index (κ3) is 6.82. The maximum Gasteiger partial charge on any atom is 0.432 e. The van der Waals surface area contributed by atoms with Crippen LogP contribution in [-0.4, -0.2) is 48.9 Å². The Hall–Kier alpha value is -2.84. The summed E-state index contributed by atoms with van der Waals surface area (Å²) in [6.45, 7) is 1.63. The molecule has 176 valence electrons. The van der Waals surface area contributed by atoms with Gasteiger partial charge in [-0.2, -0.15) is 13.2 Å². The lowest BCUT2D eigenvalue weighted by Crippen LogP contribution is -2.31. The fraction of sp³-hybridized carbons (Fsp3) is 0.333. The van der Waals surface area contributed by atoms with Crippen LogP contribution in [-0.2, 0) is 0 Å². The predicted octanol–water partition coefficient (Wildman–Crippen LogP) is 5.59. The number of allylic oxidation sites excluding steroid dienone is 1. The Kier molecular flexibility index (Phi) is 8.15. The van der Waals surface area contributed by atoms with Crippen LogP contribution in [0.1, 0.15) is 35.2 Å². The molecule has 0 radical (unpaired) electrons. The highest BCUT2D eigenvalue weighted by Crippen LogP contribution is 2.27. The molecular formula is C24H26ClF3N4O. The van der Waals surface area contributed by atoms with Gasteiger partial charge in [0.15, 0.2) is 0 Å². The second-order valence-electron chi connectivity index (χ2n) is 7.97. The van der Waals surface area contributed by atoms with Crippen molar-refractivity contribution in [3.05, 3.63) is 70.8 Å². The zero-order valence-electron chi connectivity index (χ0n) is 18.2. The number of nitrogens with one attached hydrogen (secondary N) is 3. The van der Waals surface area contributed by atoms with Gasteiger partial charge in [-0.3, -0.25) is 10.2 Å². The number of hydrogen-bond acceptors (Lipinski definition) is 4. The molecule has 33 heavy (non-hydrogen) atoms. The minimum absolute atomic E-state index is 0.0432. The number of carbonyl (C=O) groups is 1. The molecule has 1 heterocycles. The number of rotatable bonds is 8. The summed E-state index contributed by atoms with van der Waals surface area (Å²) >= 11 is 6.13. The van der Waals surface area contributed by atoms with Gasteiger partial charge in [0.1, 0.15) is 5.71 Å². The van der Waals surface area contributed by atoms with Crippen LogP contribution in [0.5, 0.6) is 0 Å². The standard InChI is InChI=1S/C24H26ClF3N4O/c1-32-14-4-5-18(32)12-13-30-23(33)17-10-8-16(9-11-17)21(15-22(29)24(26,27)28)31-20-7-3-2-6-19(20)25/h2-3,6-11,15,18,29,31H,4-5,12-14H2,1H3,(H,30,33)/b21-15-,29-22?. The number of halogens is 4. The number of alkyl halides is 3. The molecule has 0 aromatic heterocycles. The normalized spacial score (nSPS) is 17.1. The van der Waals surface area contributed by atoms with E-state index in [1.54, 1.807) is 48.5 Å². The molecule has 1 aliphatic heterocycles. The van der Waals surface area contributed by atoms with E-state index < -0.39 is 11.9 Å². The van der Waals surface area contributed by atoms with E-state index in [1.165, 1.54) is 6.42 Å². The van der Waals surface area contributed by atoms with E-state index in [0.29, 0.717) is 40.5 Å². The Morgan fingerprint density at radius 1 is 1.18 bits per heavy atom. The zero-order chi connectivity index (χ0) is 24.0. The van der Waals surface area contributed by atoms with E-state index in [2.05, 4.69) is 22.6 Å². The van der Waals surface area contributed by atoms with Crippen molar-refractivity contribution in [2.45, 2.75) is 31.5 Å². The van der Waals surface area contributed by atoms with Crippen molar-refractivity contribution in [1.29, 1.82) is 5.41 Å². The molecule has 9 heteroatoms. The van der Waals surface area contributed by atoms with Gasteiger partial charge in [0, 0.05) is 23.8 Å². The summed E-state index contributed by atoms with van der Waals surface area (Å²) in [7, 11) is 2.08. The van der Waals surface area contributed by atoms with E-state index in [0.717, 1.165) is 19.4 Å². The number of carbonyl (C=O) groups excluding carboxylic acids is 1. The van der Waals surface area contributed by atoms with E-state index in [-0.39, 0.29) is 11.6 Å². The lowest BCUT2D eigenvalue weighted by molar-refractivity contribution is -0.0583. The van der Waals surface area contributed by atoms with E-state index >= 15 is 0 Å². The Morgan fingerprint density at radius 2 is 1.85 bits per heavy atom. The number of anilines is 1. The van der Waals surface area contributed by atoms with Gasteiger partial charge in [-0.25, -0.2) is 0 Å². The fourth-order valence-electron chi connectivity index (χ4n) is 3.72. The third-order valence-electron chi connectivity index (χ3n) is 5.63. The van der Waals surface area contributed by atoms with Crippen LogP contribution in [0.3, 0.4) is 0 Å². The van der Waals surface area contributed by atoms with Crippen molar-refractivity contribution < 1.29 is 18.0 Å². The Labute approximate surface area is 196 Å². The van der Waals surface area contributed by atoms with Crippen LogP contribution in [0.15, 0.2) is 54.6 Å². The van der Waals surface area contributed by atoms with Gasteiger partial charge in [-0.15, -0.1) is 0 Å². The Balaban J connectivity index is 1.73. The summed E-state index contributed by atoms with van der Waals surface area (Å²) < 4.78 is 39.0. The molecule has 5 nitrogen and oxygen atoms in total. The van der Waals surface area contributed by atoms with Crippen molar-refractivity contribution in [3.63, 3.8) is 0 Å². The highest BCUT2D eigenvalue weighted by molar-refractivity contribution is 6.33. The Morgan fingerprint density at radius 3 is 2.45 bits per heavy atom. The molecule has 0 saturated carbocycles. The first kappa shape index (κ1) is 24.8. The lowest BCUT2D eigenvalue weighted by Gasteiger charge is -2.19. The van der Waals surface area contributed by atoms with E-state index in [1.807, 2.05) is 0 Å². The van der Waals surface area contributed by atoms with Crippen molar-refractivity contribution in [2.75, 3.05) is 25.5 Å². The SMILES string of the molecule is CN1CCCC1CCNC(=O)c1ccc(/C(=C/C(=N)C(F)(F)F)Nc2ccccc2Cl)cc1. The van der Waals surface area contributed by atoms with Crippen molar-refractivity contribution in [3.8, 4) is 0 Å². The average Bonchev–Trinajstić information content (AvgIpc) is 3.18. The summed E-state index contributed by atoms with van der Waals surface area (Å²) in [5.74, 6) is -0.241. The molecular weight excluding hydrogens is 453 g/mol. The van der Waals surface area contributed by atoms with Gasteiger partial charge in [0.25, 0.3) is 5.91 Å². The second kappa shape index (κ2) is 10.9. The molecule has 0 aliphatic carbocycles. The first-order valence-electron chi connectivity index (χ1n) is 10.6. The largest absolute Gasteiger partial charge is 0.432 e. The molecule has 0 spiro atoms. The topological polar surface area (TPSA) is 68.2 Å². The van der Waals surface area contributed by atoms with Gasteiger partial charge < -0.3 is 15.5 Å². The average molecular weight is 479 g/mol. The van der Waals surface area contributed by atoms with Crippen LogP contribution in [0.25, 0.3) is 5.70 Å². The zero-order valence-corrected chi connectivity index (χ0v) is 18.9. The molecule has 1 fully saturated rings. The summed E-state index contributed by atoms with van der Waals surface area (Å²) in [6, 6.07) is 13.3. The van der Waals surface area contributed by atoms with Gasteiger partial charge in [0.05, 0.1) is 10.7 Å². The molecule has 2 aromatic rings. The van der Waals surface area contributed by atoms with Gasteiger partial charge in [-0.1, -0.05) is 35.9 Å². The van der Waals surface area contributed by atoms with Crippen molar-refractivity contribution >= 4 is 34.6 Å². The van der Waals surface area contributed by atoms with Crippen LogP contribution in [0, 0.1) is 5.41 Å². The minimum Gasteiger partial charge on any atom is -0.354 e. The molecule has 3 rings (SSSR count).